The molecule has 0 saturated heterocycles. The maximum Gasteiger partial charge on any atom is 0.276 e. The summed E-state index contributed by atoms with van der Waals surface area (Å²) in [6.07, 6.45) is 5.14. The van der Waals surface area contributed by atoms with Crippen molar-refractivity contribution >= 4 is 21.8 Å². The van der Waals surface area contributed by atoms with Crippen molar-refractivity contribution < 1.29 is 12.8 Å². The van der Waals surface area contributed by atoms with Gasteiger partial charge in [0.05, 0.1) is 6.26 Å². The summed E-state index contributed by atoms with van der Waals surface area (Å²) < 4.78 is 29.6. The summed E-state index contributed by atoms with van der Waals surface area (Å²) in [6.45, 7) is 0.400. The summed E-state index contributed by atoms with van der Waals surface area (Å²) >= 11 is 1.40. The van der Waals surface area contributed by atoms with Crippen LogP contribution in [0.15, 0.2) is 34.2 Å². The topological polar surface area (TPSA) is 98.0 Å². The van der Waals surface area contributed by atoms with Crippen molar-refractivity contribution in [3.8, 4) is 11.5 Å². The molecule has 20 heavy (non-hydrogen) atoms. The molecule has 0 aromatic carbocycles. The summed E-state index contributed by atoms with van der Waals surface area (Å²) in [5.74, 6) is 1.14. The van der Waals surface area contributed by atoms with Gasteiger partial charge in [-0.1, -0.05) is 11.8 Å². The molecule has 0 aliphatic carbocycles. The predicted octanol–water partition coefficient (Wildman–Crippen LogP) is 1.16. The molecule has 0 fully saturated rings. The quantitative estimate of drug-likeness (QED) is 0.605. The molecule has 0 atom stereocenters. The van der Waals surface area contributed by atoms with Crippen molar-refractivity contribution in [1.29, 1.82) is 0 Å². The van der Waals surface area contributed by atoms with Gasteiger partial charge in [0.2, 0.25) is 15.9 Å². The molecule has 0 bridgehead atoms. The Morgan fingerprint density at radius 1 is 1.30 bits per heavy atom. The molecule has 0 spiro atoms. The Bertz CT molecular complexity index is 643. The monoisotopic (exact) mass is 314 g/mol. The highest BCUT2D eigenvalue weighted by molar-refractivity contribution is 7.99. The van der Waals surface area contributed by atoms with E-state index in [2.05, 4.69) is 19.9 Å². The number of nitrogens with one attached hydrogen (secondary N) is 1. The van der Waals surface area contributed by atoms with Crippen molar-refractivity contribution in [2.45, 2.75) is 11.6 Å². The Hall–Kier alpha value is -1.45. The first-order valence-corrected chi connectivity index (χ1v) is 8.73. The zero-order valence-corrected chi connectivity index (χ0v) is 12.4. The molecule has 2 aromatic heterocycles. The lowest BCUT2D eigenvalue weighted by molar-refractivity contribution is 0.465. The molecular weight excluding hydrogens is 300 g/mol. The number of aromatic nitrogens is 3. The summed E-state index contributed by atoms with van der Waals surface area (Å²) in [6, 6.07) is 3.58. The van der Waals surface area contributed by atoms with Gasteiger partial charge in [-0.05, 0) is 18.6 Å². The van der Waals surface area contributed by atoms with Gasteiger partial charge >= 0.3 is 0 Å². The van der Waals surface area contributed by atoms with Gasteiger partial charge in [0.15, 0.2) is 0 Å². The Kier molecular flexibility index (Phi) is 5.10. The third kappa shape index (κ3) is 4.91. The zero-order chi connectivity index (χ0) is 14.4. The minimum Gasteiger partial charge on any atom is -0.411 e. The molecule has 0 unspecified atom stereocenters. The number of hydrogen-bond acceptors (Lipinski definition) is 7. The van der Waals surface area contributed by atoms with E-state index < -0.39 is 10.0 Å². The smallest absolute Gasteiger partial charge is 0.276 e. The standard InChI is InChI=1S/C11H14N4O3S2/c1-20(16,17)13-5-2-8-19-11-15-14-10(18-11)9-3-6-12-7-4-9/h3-4,6-7,13H,2,5,8H2,1H3. The van der Waals surface area contributed by atoms with Gasteiger partial charge in [-0.15, -0.1) is 10.2 Å². The second-order valence-corrected chi connectivity index (χ2v) is 6.86. The van der Waals surface area contributed by atoms with E-state index in [0.29, 0.717) is 29.8 Å². The largest absolute Gasteiger partial charge is 0.411 e. The van der Waals surface area contributed by atoms with E-state index >= 15 is 0 Å². The van der Waals surface area contributed by atoms with E-state index in [1.54, 1.807) is 24.5 Å². The van der Waals surface area contributed by atoms with E-state index in [9.17, 15) is 8.42 Å². The minimum absolute atomic E-state index is 0.400. The Balaban J connectivity index is 1.79. The third-order valence-electron chi connectivity index (χ3n) is 2.24. The number of thioether (sulfide) groups is 1. The van der Waals surface area contributed by atoms with E-state index in [-0.39, 0.29) is 0 Å². The van der Waals surface area contributed by atoms with Gasteiger partial charge in [-0.25, -0.2) is 13.1 Å². The van der Waals surface area contributed by atoms with Crippen molar-refractivity contribution in [2.75, 3.05) is 18.6 Å². The van der Waals surface area contributed by atoms with Gasteiger partial charge < -0.3 is 4.42 Å². The lowest BCUT2D eigenvalue weighted by Gasteiger charge is -2.00. The van der Waals surface area contributed by atoms with Gasteiger partial charge in [0, 0.05) is 30.3 Å². The molecule has 0 radical (unpaired) electrons. The van der Waals surface area contributed by atoms with Gasteiger partial charge in [0.1, 0.15) is 0 Å². The lowest BCUT2D eigenvalue weighted by atomic mass is 10.3. The molecule has 108 valence electrons. The summed E-state index contributed by atoms with van der Waals surface area (Å²) in [4.78, 5) is 3.92. The van der Waals surface area contributed by atoms with Crippen LogP contribution in [0.3, 0.4) is 0 Å². The van der Waals surface area contributed by atoms with Crippen molar-refractivity contribution in [3.63, 3.8) is 0 Å². The van der Waals surface area contributed by atoms with E-state index in [1.807, 2.05) is 0 Å². The summed E-state index contributed by atoms with van der Waals surface area (Å²) in [7, 11) is -3.12. The van der Waals surface area contributed by atoms with Crippen LogP contribution in [0.25, 0.3) is 11.5 Å². The van der Waals surface area contributed by atoms with Crippen LogP contribution < -0.4 is 4.72 Å². The number of nitrogens with zero attached hydrogens (tertiary/aromatic N) is 3. The number of pyridine rings is 1. The molecule has 0 amide bonds. The summed E-state index contributed by atoms with van der Waals surface area (Å²) in [5, 5.41) is 8.34. The molecule has 7 nitrogen and oxygen atoms in total. The second-order valence-electron chi connectivity index (χ2n) is 3.98. The van der Waals surface area contributed by atoms with E-state index in [4.69, 9.17) is 4.42 Å². The average molecular weight is 314 g/mol. The zero-order valence-electron chi connectivity index (χ0n) is 10.8. The highest BCUT2D eigenvalue weighted by atomic mass is 32.2. The fraction of sp³-hybridized carbons (Fsp3) is 0.364. The number of rotatable bonds is 7. The van der Waals surface area contributed by atoms with Crippen LogP contribution in [0.2, 0.25) is 0 Å². The normalized spacial score (nSPS) is 11.7. The maximum absolute atomic E-state index is 10.9. The Morgan fingerprint density at radius 2 is 2.05 bits per heavy atom. The molecule has 1 N–H and O–H groups in total. The van der Waals surface area contributed by atoms with Crippen LogP contribution in [-0.2, 0) is 10.0 Å². The third-order valence-corrected chi connectivity index (χ3v) is 3.88. The first-order chi connectivity index (χ1) is 9.54. The molecule has 9 heteroatoms. The first-order valence-electron chi connectivity index (χ1n) is 5.86. The second kappa shape index (κ2) is 6.82. The Morgan fingerprint density at radius 3 is 2.75 bits per heavy atom. The SMILES string of the molecule is CS(=O)(=O)NCCCSc1nnc(-c2ccncc2)o1. The van der Waals surface area contributed by atoms with Crippen LogP contribution in [0.4, 0.5) is 0 Å². The van der Waals surface area contributed by atoms with Crippen LogP contribution in [-0.4, -0.2) is 42.2 Å². The van der Waals surface area contributed by atoms with Crippen LogP contribution in [0.5, 0.6) is 0 Å². The molecule has 0 saturated carbocycles. The van der Waals surface area contributed by atoms with Crippen molar-refractivity contribution in [1.82, 2.24) is 19.9 Å². The average Bonchev–Trinajstić information content (AvgIpc) is 2.87. The first kappa shape index (κ1) is 14.9. The fourth-order valence-electron chi connectivity index (χ4n) is 1.37. The maximum atomic E-state index is 10.9. The molecule has 2 rings (SSSR count). The van der Waals surface area contributed by atoms with Gasteiger partial charge in [-0.3, -0.25) is 4.98 Å². The van der Waals surface area contributed by atoms with Crippen molar-refractivity contribution in [2.24, 2.45) is 0 Å². The van der Waals surface area contributed by atoms with Crippen molar-refractivity contribution in [3.05, 3.63) is 24.5 Å². The number of hydrogen-bond donors (Lipinski definition) is 1. The summed E-state index contributed by atoms with van der Waals surface area (Å²) in [5.41, 5.74) is 0.818. The number of sulfonamides is 1. The molecule has 0 aliphatic heterocycles. The minimum atomic E-state index is -3.12. The molecule has 0 aliphatic rings. The van der Waals surface area contributed by atoms with Crippen LogP contribution in [0, 0.1) is 0 Å². The molecule has 2 aromatic rings. The fourth-order valence-corrected chi connectivity index (χ4v) is 2.58. The lowest BCUT2D eigenvalue weighted by Crippen LogP contribution is -2.23. The van der Waals surface area contributed by atoms with E-state index in [1.165, 1.54) is 11.8 Å². The van der Waals surface area contributed by atoms with Crippen LogP contribution in [0.1, 0.15) is 6.42 Å². The van der Waals surface area contributed by atoms with Gasteiger partial charge in [0.25, 0.3) is 5.22 Å². The van der Waals surface area contributed by atoms with Gasteiger partial charge in [-0.2, -0.15) is 0 Å². The Labute approximate surface area is 121 Å². The molecular formula is C11H14N4O3S2. The predicted molar refractivity (Wildman–Crippen MR) is 75.7 cm³/mol. The van der Waals surface area contributed by atoms with Crippen LogP contribution >= 0.6 is 11.8 Å². The van der Waals surface area contributed by atoms with E-state index in [0.717, 1.165) is 11.8 Å². The highest BCUT2D eigenvalue weighted by Gasteiger charge is 2.08. The highest BCUT2D eigenvalue weighted by Crippen LogP contribution is 2.22. The molecule has 2 heterocycles.